The third kappa shape index (κ3) is 4.97. The fourth-order valence-electron chi connectivity index (χ4n) is 2.35. The summed E-state index contributed by atoms with van der Waals surface area (Å²) in [4.78, 5) is 22.3. The van der Waals surface area contributed by atoms with Gasteiger partial charge in [0.15, 0.2) is 0 Å². The molecule has 150 valence electrons. The molecule has 0 aliphatic carbocycles. The van der Waals surface area contributed by atoms with Crippen molar-refractivity contribution in [3.63, 3.8) is 0 Å². The van der Waals surface area contributed by atoms with E-state index in [1.807, 2.05) is 13.8 Å². The maximum atomic E-state index is 12.8. The summed E-state index contributed by atoms with van der Waals surface area (Å²) in [6.07, 6.45) is 0. The number of nitro benzene ring substituents is 1. The second kappa shape index (κ2) is 8.70. The van der Waals surface area contributed by atoms with Crippen molar-refractivity contribution >= 4 is 27.3 Å². The summed E-state index contributed by atoms with van der Waals surface area (Å²) in [6, 6.07) is 9.34. The van der Waals surface area contributed by atoms with Gasteiger partial charge in [0.1, 0.15) is 10.6 Å². The summed E-state index contributed by atoms with van der Waals surface area (Å²) in [6.45, 7) is 4.32. The number of methoxy groups -OCH3 is 1. The van der Waals surface area contributed by atoms with Crippen LogP contribution < -0.4 is 14.8 Å². The average molecular weight is 407 g/mol. The van der Waals surface area contributed by atoms with Gasteiger partial charge >= 0.3 is 0 Å². The Balaban J connectivity index is 2.38. The molecule has 2 aromatic rings. The first kappa shape index (κ1) is 21.2. The number of rotatable bonds is 8. The van der Waals surface area contributed by atoms with Crippen molar-refractivity contribution in [1.29, 1.82) is 0 Å². The van der Waals surface area contributed by atoms with Gasteiger partial charge in [0.2, 0.25) is 0 Å². The predicted molar refractivity (Wildman–Crippen MR) is 104 cm³/mol. The number of carbonyl (C=O) groups excluding carboxylic acids is 1. The highest BCUT2D eigenvalue weighted by Gasteiger charge is 2.24. The van der Waals surface area contributed by atoms with Gasteiger partial charge in [-0.25, -0.2) is 8.42 Å². The molecule has 1 amide bonds. The van der Waals surface area contributed by atoms with Crippen LogP contribution in [0.25, 0.3) is 0 Å². The van der Waals surface area contributed by atoms with E-state index in [9.17, 15) is 23.3 Å². The minimum absolute atomic E-state index is 0.0872. The van der Waals surface area contributed by atoms with E-state index in [0.29, 0.717) is 6.54 Å². The number of nitrogens with zero attached hydrogens (tertiary/aromatic N) is 1. The maximum Gasteiger partial charge on any atom is 0.273 e. The predicted octanol–water partition coefficient (Wildman–Crippen LogP) is 2.79. The Morgan fingerprint density at radius 1 is 1.21 bits per heavy atom. The number of sulfonamides is 1. The molecule has 0 aliphatic heterocycles. The van der Waals surface area contributed by atoms with E-state index in [-0.39, 0.29) is 33.5 Å². The van der Waals surface area contributed by atoms with E-state index in [1.54, 1.807) is 12.1 Å². The quantitative estimate of drug-likeness (QED) is 0.512. The second-order valence-electron chi connectivity index (χ2n) is 6.35. The molecule has 0 atom stereocenters. The van der Waals surface area contributed by atoms with Crippen LogP contribution >= 0.6 is 0 Å². The largest absolute Gasteiger partial charge is 0.495 e. The molecular formula is C18H21N3O6S. The van der Waals surface area contributed by atoms with Crippen molar-refractivity contribution in [2.45, 2.75) is 18.7 Å². The molecule has 2 aromatic carbocycles. The summed E-state index contributed by atoms with van der Waals surface area (Å²) < 4.78 is 33.0. The number of nitro groups is 1. The minimum Gasteiger partial charge on any atom is -0.495 e. The SMILES string of the molecule is COc1cc([N+](=O)[O-])ccc1S(=O)(=O)Nc1ccccc1C(=O)NCC(C)C. The Bertz CT molecular complexity index is 989. The second-order valence-corrected chi connectivity index (χ2v) is 8.00. The summed E-state index contributed by atoms with van der Waals surface area (Å²) in [5, 5.41) is 13.6. The van der Waals surface area contributed by atoms with Gasteiger partial charge in [-0.1, -0.05) is 26.0 Å². The molecule has 28 heavy (non-hydrogen) atoms. The lowest BCUT2D eigenvalue weighted by Crippen LogP contribution is -2.28. The summed E-state index contributed by atoms with van der Waals surface area (Å²) in [5.74, 6) is -0.358. The van der Waals surface area contributed by atoms with Gasteiger partial charge in [0.25, 0.3) is 21.6 Å². The molecule has 0 aliphatic rings. The Morgan fingerprint density at radius 2 is 1.89 bits per heavy atom. The van der Waals surface area contributed by atoms with Crippen LogP contribution in [0.15, 0.2) is 47.4 Å². The number of anilines is 1. The molecule has 0 spiro atoms. The van der Waals surface area contributed by atoms with Crippen molar-refractivity contribution in [2.24, 2.45) is 5.92 Å². The first-order valence-electron chi connectivity index (χ1n) is 8.38. The van der Waals surface area contributed by atoms with Gasteiger partial charge in [0.05, 0.1) is 29.4 Å². The Labute approximate surface area is 162 Å². The monoisotopic (exact) mass is 407 g/mol. The molecule has 0 radical (unpaired) electrons. The third-order valence-corrected chi connectivity index (χ3v) is 5.14. The fraction of sp³-hybridized carbons (Fsp3) is 0.278. The van der Waals surface area contributed by atoms with Crippen LogP contribution in [0.3, 0.4) is 0 Å². The Morgan fingerprint density at radius 3 is 2.50 bits per heavy atom. The molecule has 2 N–H and O–H groups in total. The minimum atomic E-state index is -4.16. The average Bonchev–Trinajstić information content (AvgIpc) is 2.65. The summed E-state index contributed by atoms with van der Waals surface area (Å²) in [7, 11) is -2.95. The number of carbonyl (C=O) groups is 1. The molecule has 9 nitrogen and oxygen atoms in total. The van der Waals surface area contributed by atoms with Gasteiger partial charge in [0, 0.05) is 12.6 Å². The molecule has 10 heteroatoms. The van der Waals surface area contributed by atoms with Gasteiger partial charge in [-0.3, -0.25) is 19.6 Å². The molecule has 0 unspecified atom stereocenters. The van der Waals surface area contributed by atoms with Crippen molar-refractivity contribution in [1.82, 2.24) is 5.32 Å². The van der Waals surface area contributed by atoms with E-state index >= 15 is 0 Å². The van der Waals surface area contributed by atoms with Gasteiger partial charge in [-0.05, 0) is 24.1 Å². The number of non-ortho nitro benzene ring substituents is 1. The van der Waals surface area contributed by atoms with Crippen molar-refractivity contribution in [3.05, 3.63) is 58.1 Å². The molecule has 0 saturated heterocycles. The fourth-order valence-corrected chi connectivity index (χ4v) is 3.59. The van der Waals surface area contributed by atoms with Crippen LogP contribution in [-0.4, -0.2) is 32.9 Å². The van der Waals surface area contributed by atoms with Gasteiger partial charge < -0.3 is 10.1 Å². The lowest BCUT2D eigenvalue weighted by molar-refractivity contribution is -0.385. The van der Waals surface area contributed by atoms with Crippen molar-refractivity contribution < 1.29 is 22.9 Å². The zero-order valence-electron chi connectivity index (χ0n) is 15.6. The van der Waals surface area contributed by atoms with E-state index in [0.717, 1.165) is 18.2 Å². The summed E-state index contributed by atoms with van der Waals surface area (Å²) in [5.41, 5.74) is -0.0546. The molecule has 2 rings (SSSR count). The van der Waals surface area contributed by atoms with E-state index in [1.165, 1.54) is 19.2 Å². The van der Waals surface area contributed by atoms with Crippen LogP contribution in [-0.2, 0) is 10.0 Å². The van der Waals surface area contributed by atoms with Crippen LogP contribution in [0.4, 0.5) is 11.4 Å². The number of para-hydroxylation sites is 1. The standard InChI is InChI=1S/C18H21N3O6S/c1-12(2)11-19-18(22)14-6-4-5-7-15(14)20-28(25,26)17-9-8-13(21(23)24)10-16(17)27-3/h4-10,12,20H,11H2,1-3H3,(H,19,22). The van der Waals surface area contributed by atoms with Gasteiger partial charge in [-0.2, -0.15) is 0 Å². The number of hydrogen-bond donors (Lipinski definition) is 2. The van der Waals surface area contributed by atoms with Crippen LogP contribution in [0, 0.1) is 16.0 Å². The molecule has 0 aromatic heterocycles. The topological polar surface area (TPSA) is 128 Å². The Hall–Kier alpha value is -3.14. The first-order valence-corrected chi connectivity index (χ1v) is 9.86. The van der Waals surface area contributed by atoms with Crippen molar-refractivity contribution in [3.8, 4) is 5.75 Å². The molecule has 0 fully saturated rings. The zero-order valence-corrected chi connectivity index (χ0v) is 16.4. The lowest BCUT2D eigenvalue weighted by atomic mass is 10.1. The van der Waals surface area contributed by atoms with Crippen LogP contribution in [0.2, 0.25) is 0 Å². The maximum absolute atomic E-state index is 12.8. The van der Waals surface area contributed by atoms with Crippen molar-refractivity contribution in [2.75, 3.05) is 18.4 Å². The third-order valence-electron chi connectivity index (χ3n) is 3.73. The zero-order chi connectivity index (χ0) is 20.9. The highest BCUT2D eigenvalue weighted by atomic mass is 32.2. The highest BCUT2D eigenvalue weighted by molar-refractivity contribution is 7.92. The normalized spacial score (nSPS) is 11.1. The molecule has 0 bridgehead atoms. The first-order chi connectivity index (χ1) is 13.2. The number of benzene rings is 2. The van der Waals surface area contributed by atoms with E-state index in [2.05, 4.69) is 10.0 Å². The number of nitrogens with one attached hydrogen (secondary N) is 2. The highest BCUT2D eigenvalue weighted by Crippen LogP contribution is 2.30. The van der Waals surface area contributed by atoms with Crippen LogP contribution in [0.1, 0.15) is 24.2 Å². The molecular weight excluding hydrogens is 386 g/mol. The van der Waals surface area contributed by atoms with E-state index in [4.69, 9.17) is 4.74 Å². The van der Waals surface area contributed by atoms with Gasteiger partial charge in [-0.15, -0.1) is 0 Å². The number of ether oxygens (including phenoxy) is 1. The van der Waals surface area contributed by atoms with E-state index < -0.39 is 20.9 Å². The summed E-state index contributed by atoms with van der Waals surface area (Å²) >= 11 is 0. The Kier molecular flexibility index (Phi) is 6.57. The lowest BCUT2D eigenvalue weighted by Gasteiger charge is -2.15. The number of hydrogen-bond acceptors (Lipinski definition) is 6. The smallest absolute Gasteiger partial charge is 0.273 e. The molecule has 0 heterocycles. The van der Waals surface area contributed by atoms with Crippen LogP contribution in [0.5, 0.6) is 5.75 Å². The molecule has 0 saturated carbocycles. The number of amides is 1.